The van der Waals surface area contributed by atoms with Crippen LogP contribution < -0.4 is 9.62 Å². The van der Waals surface area contributed by atoms with Gasteiger partial charge in [0, 0.05) is 5.54 Å². The van der Waals surface area contributed by atoms with Crippen LogP contribution in [0.4, 0.5) is 5.69 Å². The summed E-state index contributed by atoms with van der Waals surface area (Å²) in [4.78, 5) is 13.2. The minimum absolute atomic E-state index is 0.292. The molecule has 0 aliphatic carbocycles. The molecule has 2 aromatic carbocycles. The van der Waals surface area contributed by atoms with Gasteiger partial charge in [0.15, 0.2) is 0 Å². The van der Waals surface area contributed by atoms with E-state index in [2.05, 4.69) is 5.32 Å². The number of anilines is 1. The van der Waals surface area contributed by atoms with Crippen LogP contribution in [0.25, 0.3) is 0 Å². The van der Waals surface area contributed by atoms with Crippen molar-refractivity contribution in [3.8, 4) is 0 Å². The summed E-state index contributed by atoms with van der Waals surface area (Å²) in [6.07, 6.45) is 2.17. The van der Waals surface area contributed by atoms with Crippen molar-refractivity contribution in [3.05, 3.63) is 65.2 Å². The second-order valence-electron chi connectivity index (χ2n) is 8.31. The Labute approximate surface area is 175 Å². The Morgan fingerprint density at radius 2 is 1.72 bits per heavy atom. The molecule has 2 rings (SSSR count). The minimum Gasteiger partial charge on any atom is -0.349 e. The second kappa shape index (κ2) is 8.99. The summed E-state index contributed by atoms with van der Waals surface area (Å²) in [7, 11) is -3.66. The molecule has 0 spiro atoms. The van der Waals surface area contributed by atoms with E-state index in [-0.39, 0.29) is 5.91 Å². The molecule has 0 saturated heterocycles. The third kappa shape index (κ3) is 6.07. The van der Waals surface area contributed by atoms with Crippen LogP contribution in [0.3, 0.4) is 0 Å². The molecule has 0 saturated carbocycles. The van der Waals surface area contributed by atoms with E-state index in [0.29, 0.717) is 18.5 Å². The Balaban J connectivity index is 2.34. The summed E-state index contributed by atoms with van der Waals surface area (Å²) in [6, 6.07) is 14.7. The predicted octanol–water partition coefficient (Wildman–Crippen LogP) is 3.99. The smallest absolute Gasteiger partial charge is 0.244 e. The van der Waals surface area contributed by atoms with Crippen molar-refractivity contribution in [1.29, 1.82) is 0 Å². The molecule has 158 valence electrons. The van der Waals surface area contributed by atoms with E-state index in [1.54, 1.807) is 0 Å². The lowest BCUT2D eigenvalue weighted by Crippen LogP contribution is -2.55. The van der Waals surface area contributed by atoms with E-state index in [1.165, 1.54) is 4.31 Å². The molecule has 29 heavy (non-hydrogen) atoms. The number of benzene rings is 2. The molecule has 0 unspecified atom stereocenters. The standard InChI is InChI=1S/C23H32N2O3S/c1-7-20(22(26)24-23(4,5)16-19-11-9-8-10-12-19)25(29(6,27)28)21-15-17(2)13-14-18(21)3/h8-15,20H,7,16H2,1-6H3,(H,24,26)/t20-/m1/s1. The molecule has 5 nitrogen and oxygen atoms in total. The minimum atomic E-state index is -3.66. The van der Waals surface area contributed by atoms with Gasteiger partial charge in [0.2, 0.25) is 15.9 Å². The number of nitrogens with one attached hydrogen (secondary N) is 1. The summed E-state index contributed by atoms with van der Waals surface area (Å²) in [5.41, 5.74) is 2.90. The average Bonchev–Trinajstić information content (AvgIpc) is 2.60. The van der Waals surface area contributed by atoms with Gasteiger partial charge in [-0.05, 0) is 63.3 Å². The largest absolute Gasteiger partial charge is 0.349 e. The highest BCUT2D eigenvalue weighted by Crippen LogP contribution is 2.28. The third-order valence-corrected chi connectivity index (χ3v) is 6.05. The van der Waals surface area contributed by atoms with Crippen molar-refractivity contribution < 1.29 is 13.2 Å². The Kier molecular flexibility index (Phi) is 7.11. The highest BCUT2D eigenvalue weighted by molar-refractivity contribution is 7.92. The molecule has 1 atom stereocenters. The zero-order chi connectivity index (χ0) is 21.8. The monoisotopic (exact) mass is 416 g/mol. The fourth-order valence-corrected chi connectivity index (χ4v) is 4.82. The Hall–Kier alpha value is -2.34. The van der Waals surface area contributed by atoms with E-state index in [0.717, 1.165) is 22.9 Å². The van der Waals surface area contributed by atoms with Gasteiger partial charge in [0.1, 0.15) is 6.04 Å². The van der Waals surface area contributed by atoms with Crippen LogP contribution in [0, 0.1) is 13.8 Å². The van der Waals surface area contributed by atoms with E-state index in [9.17, 15) is 13.2 Å². The number of rotatable bonds is 8. The number of hydrogen-bond acceptors (Lipinski definition) is 3. The molecular weight excluding hydrogens is 384 g/mol. The third-order valence-electron chi connectivity index (χ3n) is 4.88. The molecule has 6 heteroatoms. The van der Waals surface area contributed by atoms with Gasteiger partial charge in [-0.3, -0.25) is 9.10 Å². The second-order valence-corrected chi connectivity index (χ2v) is 10.2. The predicted molar refractivity (Wildman–Crippen MR) is 120 cm³/mol. The number of hydrogen-bond donors (Lipinski definition) is 1. The van der Waals surface area contributed by atoms with Crippen molar-refractivity contribution in [2.24, 2.45) is 0 Å². The van der Waals surface area contributed by atoms with Crippen LogP contribution in [0.15, 0.2) is 48.5 Å². The number of aryl methyl sites for hydroxylation is 2. The molecule has 1 amide bonds. The molecule has 1 N–H and O–H groups in total. The number of sulfonamides is 1. The molecule has 0 bridgehead atoms. The Bertz CT molecular complexity index is 953. The van der Waals surface area contributed by atoms with Crippen molar-refractivity contribution in [2.75, 3.05) is 10.6 Å². The highest BCUT2D eigenvalue weighted by atomic mass is 32.2. The van der Waals surface area contributed by atoms with Gasteiger partial charge in [-0.1, -0.05) is 49.4 Å². The summed E-state index contributed by atoms with van der Waals surface area (Å²) < 4.78 is 26.7. The first-order chi connectivity index (χ1) is 13.4. The average molecular weight is 417 g/mol. The van der Waals surface area contributed by atoms with Gasteiger partial charge >= 0.3 is 0 Å². The van der Waals surface area contributed by atoms with Gasteiger partial charge in [-0.2, -0.15) is 0 Å². The van der Waals surface area contributed by atoms with Gasteiger partial charge in [-0.15, -0.1) is 0 Å². The summed E-state index contributed by atoms with van der Waals surface area (Å²) in [6.45, 7) is 9.50. The summed E-state index contributed by atoms with van der Waals surface area (Å²) in [5, 5.41) is 3.07. The van der Waals surface area contributed by atoms with Crippen LogP contribution in [-0.2, 0) is 21.2 Å². The lowest BCUT2D eigenvalue weighted by Gasteiger charge is -2.35. The van der Waals surface area contributed by atoms with Crippen molar-refractivity contribution in [3.63, 3.8) is 0 Å². The van der Waals surface area contributed by atoms with E-state index in [4.69, 9.17) is 0 Å². The van der Waals surface area contributed by atoms with E-state index >= 15 is 0 Å². The number of nitrogens with zero attached hydrogens (tertiary/aromatic N) is 1. The van der Waals surface area contributed by atoms with E-state index in [1.807, 2.05) is 83.1 Å². The first kappa shape index (κ1) is 22.9. The molecule has 0 heterocycles. The van der Waals surface area contributed by atoms with Crippen molar-refractivity contribution >= 4 is 21.6 Å². The fourth-order valence-electron chi connectivity index (χ4n) is 3.56. The summed E-state index contributed by atoms with van der Waals surface area (Å²) >= 11 is 0. The maximum absolute atomic E-state index is 13.2. The zero-order valence-corrected chi connectivity index (χ0v) is 19.0. The number of carbonyl (C=O) groups excluding carboxylic acids is 1. The van der Waals surface area contributed by atoms with Crippen LogP contribution in [0.1, 0.15) is 43.9 Å². The fraction of sp³-hybridized carbons (Fsp3) is 0.435. The Morgan fingerprint density at radius 3 is 2.28 bits per heavy atom. The van der Waals surface area contributed by atoms with Crippen molar-refractivity contribution in [2.45, 2.75) is 59.0 Å². The van der Waals surface area contributed by atoms with Crippen LogP contribution in [0.2, 0.25) is 0 Å². The number of carbonyl (C=O) groups is 1. The lowest BCUT2D eigenvalue weighted by atomic mass is 9.94. The summed E-state index contributed by atoms with van der Waals surface area (Å²) in [5.74, 6) is -0.292. The number of amides is 1. The molecule has 0 aliphatic heterocycles. The topological polar surface area (TPSA) is 66.5 Å². The first-order valence-electron chi connectivity index (χ1n) is 9.87. The molecule has 0 aromatic heterocycles. The van der Waals surface area contributed by atoms with Gasteiger partial charge in [0.25, 0.3) is 0 Å². The first-order valence-corrected chi connectivity index (χ1v) is 11.7. The van der Waals surface area contributed by atoms with Gasteiger partial charge < -0.3 is 5.32 Å². The Morgan fingerprint density at radius 1 is 1.10 bits per heavy atom. The highest BCUT2D eigenvalue weighted by Gasteiger charge is 2.34. The maximum atomic E-state index is 13.2. The molecule has 2 aromatic rings. The maximum Gasteiger partial charge on any atom is 0.244 e. The normalized spacial score (nSPS) is 13.0. The lowest BCUT2D eigenvalue weighted by molar-refractivity contribution is -0.123. The zero-order valence-electron chi connectivity index (χ0n) is 18.2. The van der Waals surface area contributed by atoms with Crippen LogP contribution in [-0.4, -0.2) is 32.2 Å². The quantitative estimate of drug-likeness (QED) is 0.708. The molecule has 0 radical (unpaired) electrons. The van der Waals surface area contributed by atoms with Crippen LogP contribution in [0.5, 0.6) is 0 Å². The van der Waals surface area contributed by atoms with Gasteiger partial charge in [0.05, 0.1) is 11.9 Å². The van der Waals surface area contributed by atoms with Gasteiger partial charge in [-0.25, -0.2) is 8.42 Å². The molecular formula is C23H32N2O3S. The molecule has 0 fully saturated rings. The molecule has 0 aliphatic rings. The van der Waals surface area contributed by atoms with Crippen LogP contribution >= 0.6 is 0 Å². The SMILES string of the molecule is CC[C@H](C(=O)NC(C)(C)Cc1ccccc1)N(c1cc(C)ccc1C)S(C)(=O)=O. The van der Waals surface area contributed by atoms with E-state index < -0.39 is 21.6 Å². The van der Waals surface area contributed by atoms with Crippen molar-refractivity contribution in [1.82, 2.24) is 5.32 Å².